The predicted molar refractivity (Wildman–Crippen MR) is 88.5 cm³/mol. The van der Waals surface area contributed by atoms with Gasteiger partial charge in [0.2, 0.25) is 10.9 Å². The van der Waals surface area contributed by atoms with Crippen LogP contribution < -0.4 is 4.74 Å². The molecule has 5 nitrogen and oxygen atoms in total. The zero-order valence-corrected chi connectivity index (χ0v) is 14.8. The average molecular weight is 398 g/mol. The second kappa shape index (κ2) is 6.04. The summed E-state index contributed by atoms with van der Waals surface area (Å²) in [5, 5.41) is 6.10. The standard InChI is InChI=1S/C17H10ClF2NO4S/c1-26(23,24)14-3-2-13(12-7-17(18,20)16(22)15(12)14)25-11-5-9(8-21)4-10(19)6-11/h2-6H,7H2,1H3. The van der Waals surface area contributed by atoms with Crippen molar-refractivity contribution >= 4 is 27.2 Å². The van der Waals surface area contributed by atoms with Gasteiger partial charge in [0.25, 0.3) is 0 Å². The van der Waals surface area contributed by atoms with Gasteiger partial charge >= 0.3 is 0 Å². The SMILES string of the molecule is CS(=O)(=O)c1ccc(Oc2cc(F)cc(C#N)c2)c2c1C(=O)C(F)(Cl)C2. The number of benzene rings is 2. The minimum atomic E-state index is -3.82. The van der Waals surface area contributed by atoms with Crippen molar-refractivity contribution in [1.82, 2.24) is 0 Å². The van der Waals surface area contributed by atoms with E-state index >= 15 is 0 Å². The first kappa shape index (κ1) is 18.3. The number of nitriles is 1. The third-order valence-corrected chi connectivity index (χ3v) is 5.26. The van der Waals surface area contributed by atoms with Gasteiger partial charge in [-0.15, -0.1) is 0 Å². The highest BCUT2D eigenvalue weighted by molar-refractivity contribution is 7.90. The summed E-state index contributed by atoms with van der Waals surface area (Å²) in [7, 11) is -3.82. The van der Waals surface area contributed by atoms with Crippen LogP contribution in [0.5, 0.6) is 11.5 Å². The number of fused-ring (bicyclic) bond motifs is 1. The van der Waals surface area contributed by atoms with Crippen LogP contribution in [-0.2, 0) is 16.3 Å². The first-order valence-electron chi connectivity index (χ1n) is 7.20. The number of nitrogens with zero attached hydrogens (tertiary/aromatic N) is 1. The first-order valence-corrected chi connectivity index (χ1v) is 9.47. The number of halogens is 3. The van der Waals surface area contributed by atoms with Crippen LogP contribution in [0.2, 0.25) is 0 Å². The van der Waals surface area contributed by atoms with Crippen molar-refractivity contribution in [2.75, 3.05) is 6.26 Å². The normalized spacial score (nSPS) is 19.1. The number of ketones is 1. The summed E-state index contributed by atoms with van der Waals surface area (Å²) >= 11 is 5.58. The molecule has 134 valence electrons. The number of carbonyl (C=O) groups is 1. The molecule has 2 aromatic carbocycles. The third kappa shape index (κ3) is 3.16. The molecular weight excluding hydrogens is 388 g/mol. The van der Waals surface area contributed by atoms with Gasteiger partial charge < -0.3 is 4.74 Å². The number of alkyl halides is 2. The Morgan fingerprint density at radius 1 is 1.31 bits per heavy atom. The fourth-order valence-electron chi connectivity index (χ4n) is 2.73. The summed E-state index contributed by atoms with van der Waals surface area (Å²) in [6, 6.07) is 7.34. The first-order chi connectivity index (χ1) is 12.0. The topological polar surface area (TPSA) is 84.2 Å². The lowest BCUT2D eigenvalue weighted by atomic mass is 10.1. The quantitative estimate of drug-likeness (QED) is 0.739. The number of sulfone groups is 1. The second-order valence-corrected chi connectivity index (χ2v) is 8.37. The van der Waals surface area contributed by atoms with Crippen LogP contribution in [0, 0.1) is 17.1 Å². The lowest BCUT2D eigenvalue weighted by Crippen LogP contribution is -2.23. The van der Waals surface area contributed by atoms with E-state index in [4.69, 9.17) is 21.6 Å². The Bertz CT molecular complexity index is 1090. The predicted octanol–water partition coefficient (Wildman–Crippen LogP) is 3.54. The number of hydrogen-bond donors (Lipinski definition) is 0. The number of rotatable bonds is 3. The molecule has 0 saturated carbocycles. The molecule has 1 atom stereocenters. The molecule has 0 bridgehead atoms. The second-order valence-electron chi connectivity index (χ2n) is 5.79. The molecule has 0 fully saturated rings. The van der Waals surface area contributed by atoms with Gasteiger partial charge in [0, 0.05) is 29.9 Å². The van der Waals surface area contributed by atoms with Crippen molar-refractivity contribution in [3.8, 4) is 17.6 Å². The summed E-state index contributed by atoms with van der Waals surface area (Å²) in [5.41, 5.74) is -0.407. The highest BCUT2D eigenvalue weighted by Gasteiger charge is 2.48. The van der Waals surface area contributed by atoms with E-state index in [0.29, 0.717) is 0 Å². The monoisotopic (exact) mass is 397 g/mol. The Morgan fingerprint density at radius 2 is 2.00 bits per heavy atom. The molecule has 3 rings (SSSR count). The highest BCUT2D eigenvalue weighted by atomic mass is 35.5. The van der Waals surface area contributed by atoms with Crippen LogP contribution in [0.4, 0.5) is 8.78 Å². The molecule has 0 spiro atoms. The van der Waals surface area contributed by atoms with Crippen LogP contribution in [0.3, 0.4) is 0 Å². The molecule has 0 N–H and O–H groups in total. The lowest BCUT2D eigenvalue weighted by molar-refractivity contribution is 0.0852. The molecule has 9 heteroatoms. The van der Waals surface area contributed by atoms with E-state index in [0.717, 1.165) is 24.5 Å². The molecule has 0 heterocycles. The van der Waals surface area contributed by atoms with Gasteiger partial charge in [0.1, 0.15) is 17.3 Å². The molecule has 1 aliphatic carbocycles. The van der Waals surface area contributed by atoms with Gasteiger partial charge in [-0.3, -0.25) is 4.79 Å². The Kier molecular flexibility index (Phi) is 4.25. The third-order valence-electron chi connectivity index (χ3n) is 3.82. The molecular formula is C17H10ClF2NO4S. The Labute approximate surface area is 152 Å². The largest absolute Gasteiger partial charge is 0.457 e. The average Bonchev–Trinajstić information content (AvgIpc) is 2.77. The van der Waals surface area contributed by atoms with E-state index in [-0.39, 0.29) is 33.1 Å². The van der Waals surface area contributed by atoms with Crippen molar-refractivity contribution in [3.05, 3.63) is 52.8 Å². The van der Waals surface area contributed by atoms with Crippen molar-refractivity contribution in [2.24, 2.45) is 0 Å². The maximum Gasteiger partial charge on any atom is 0.250 e. The molecule has 0 aliphatic heterocycles. The van der Waals surface area contributed by atoms with Crippen LogP contribution in [0.25, 0.3) is 0 Å². The molecule has 26 heavy (non-hydrogen) atoms. The van der Waals surface area contributed by atoms with E-state index in [9.17, 15) is 22.0 Å². The molecule has 1 unspecified atom stereocenters. The zero-order valence-electron chi connectivity index (χ0n) is 13.2. The summed E-state index contributed by atoms with van der Waals surface area (Å²) in [4.78, 5) is 11.9. The van der Waals surface area contributed by atoms with Crippen molar-refractivity contribution < 1.29 is 26.7 Å². The molecule has 0 radical (unpaired) electrons. The molecule has 2 aromatic rings. The summed E-state index contributed by atoms with van der Waals surface area (Å²) < 4.78 is 57.2. The molecule has 0 amide bonds. The Balaban J connectivity index is 2.16. The van der Waals surface area contributed by atoms with E-state index in [1.54, 1.807) is 6.07 Å². The van der Waals surface area contributed by atoms with E-state index in [2.05, 4.69) is 0 Å². The number of Topliss-reactive ketones (excluding diaryl/α,β-unsaturated/α-hetero) is 1. The lowest BCUT2D eigenvalue weighted by Gasteiger charge is -2.12. The summed E-state index contributed by atoms with van der Waals surface area (Å²) in [6.45, 7) is 0. The van der Waals surface area contributed by atoms with Crippen LogP contribution in [-0.4, -0.2) is 25.6 Å². The van der Waals surface area contributed by atoms with E-state index in [1.165, 1.54) is 12.1 Å². The van der Waals surface area contributed by atoms with E-state index < -0.39 is 33.0 Å². The molecule has 1 aliphatic rings. The number of ether oxygens (including phenoxy) is 1. The Hall–Kier alpha value is -2.50. The van der Waals surface area contributed by atoms with Gasteiger partial charge in [-0.25, -0.2) is 17.2 Å². The van der Waals surface area contributed by atoms with Gasteiger partial charge in [-0.05, 0) is 24.3 Å². The zero-order chi connectivity index (χ0) is 19.3. The van der Waals surface area contributed by atoms with Crippen LogP contribution in [0.15, 0.2) is 35.2 Å². The van der Waals surface area contributed by atoms with Crippen LogP contribution in [0.1, 0.15) is 21.5 Å². The molecule has 0 aromatic heterocycles. The fourth-order valence-corrected chi connectivity index (χ4v) is 3.86. The van der Waals surface area contributed by atoms with Crippen molar-refractivity contribution in [3.63, 3.8) is 0 Å². The smallest absolute Gasteiger partial charge is 0.250 e. The minimum absolute atomic E-state index is 0.00217. The number of hydrogen-bond acceptors (Lipinski definition) is 5. The van der Waals surface area contributed by atoms with Crippen molar-refractivity contribution in [1.29, 1.82) is 5.26 Å². The van der Waals surface area contributed by atoms with E-state index in [1.807, 2.05) is 0 Å². The van der Waals surface area contributed by atoms with Crippen molar-refractivity contribution in [2.45, 2.75) is 16.4 Å². The number of carbonyl (C=O) groups excluding carboxylic acids is 1. The van der Waals surface area contributed by atoms with Crippen LogP contribution >= 0.6 is 11.6 Å². The summed E-state index contributed by atoms with van der Waals surface area (Å²) in [6.07, 6.45) is 0.288. The Morgan fingerprint density at radius 3 is 2.62 bits per heavy atom. The van der Waals surface area contributed by atoms with Gasteiger partial charge in [-0.2, -0.15) is 5.26 Å². The van der Waals surface area contributed by atoms with Gasteiger partial charge in [0.05, 0.1) is 16.5 Å². The van der Waals surface area contributed by atoms with Gasteiger partial charge in [0.15, 0.2) is 9.84 Å². The maximum absolute atomic E-state index is 14.3. The minimum Gasteiger partial charge on any atom is -0.457 e. The van der Waals surface area contributed by atoms with Gasteiger partial charge in [-0.1, -0.05) is 11.6 Å². The fraction of sp³-hybridized carbons (Fsp3) is 0.176. The summed E-state index contributed by atoms with van der Waals surface area (Å²) in [5.74, 6) is -2.00. The highest BCUT2D eigenvalue weighted by Crippen LogP contribution is 2.44. The molecule has 0 saturated heterocycles. The maximum atomic E-state index is 14.3.